The predicted molar refractivity (Wildman–Crippen MR) is 73.6 cm³/mol. The number of benzene rings is 1. The lowest BCUT2D eigenvalue weighted by atomic mass is 10.2. The Morgan fingerprint density at radius 2 is 2.40 bits per heavy atom. The van der Waals surface area contributed by atoms with Crippen molar-refractivity contribution in [1.82, 2.24) is 20.2 Å². The van der Waals surface area contributed by atoms with Crippen molar-refractivity contribution < 1.29 is 9.53 Å². The summed E-state index contributed by atoms with van der Waals surface area (Å²) in [5.74, 6) is 0.479. The van der Waals surface area contributed by atoms with E-state index in [0.29, 0.717) is 24.5 Å². The molecule has 0 saturated carbocycles. The number of carbonyl (C=O) groups excluding carboxylic acids is 1. The number of hydrogen-bond acceptors (Lipinski definition) is 5. The summed E-state index contributed by atoms with van der Waals surface area (Å²) >= 11 is 0. The maximum absolute atomic E-state index is 12.0. The first-order valence-corrected chi connectivity index (χ1v) is 6.16. The number of anilines is 1. The van der Waals surface area contributed by atoms with E-state index in [1.54, 1.807) is 30.3 Å². The molecule has 0 unspecified atom stereocenters. The number of aromatic nitrogens is 4. The summed E-state index contributed by atoms with van der Waals surface area (Å²) in [4.78, 5) is 13.4. The van der Waals surface area contributed by atoms with Gasteiger partial charge in [-0.15, -0.1) is 11.7 Å². The number of rotatable bonds is 6. The van der Waals surface area contributed by atoms with Gasteiger partial charge in [0.15, 0.2) is 0 Å². The molecule has 104 valence electrons. The Kier molecular flexibility index (Phi) is 4.43. The average molecular weight is 273 g/mol. The molecule has 0 fully saturated rings. The van der Waals surface area contributed by atoms with E-state index >= 15 is 0 Å². The summed E-state index contributed by atoms with van der Waals surface area (Å²) in [6, 6.07) is 6.89. The number of tetrazole rings is 1. The molecule has 0 aliphatic heterocycles. The van der Waals surface area contributed by atoms with Crippen LogP contribution in [0.25, 0.3) is 0 Å². The quantitative estimate of drug-likeness (QED) is 0.807. The summed E-state index contributed by atoms with van der Waals surface area (Å²) in [5.41, 5.74) is 0.469. The Balaban J connectivity index is 2.06. The highest BCUT2D eigenvalue weighted by Crippen LogP contribution is 2.14. The van der Waals surface area contributed by atoms with Gasteiger partial charge in [-0.05, 0) is 30.3 Å². The molecule has 7 heteroatoms. The Morgan fingerprint density at radius 1 is 1.55 bits per heavy atom. The Morgan fingerprint density at radius 3 is 3.15 bits per heavy atom. The highest BCUT2D eigenvalue weighted by Gasteiger charge is 2.10. The van der Waals surface area contributed by atoms with Gasteiger partial charge in [0.05, 0.1) is 13.2 Å². The van der Waals surface area contributed by atoms with Crippen LogP contribution in [-0.2, 0) is 6.54 Å². The van der Waals surface area contributed by atoms with E-state index < -0.39 is 0 Å². The van der Waals surface area contributed by atoms with Gasteiger partial charge in [-0.2, -0.15) is 4.80 Å². The SMILES string of the molecule is C=CCn1nnc(NC(=O)c2cccc(OCC)c2)n1. The van der Waals surface area contributed by atoms with E-state index in [1.807, 2.05) is 6.92 Å². The van der Waals surface area contributed by atoms with E-state index in [4.69, 9.17) is 4.74 Å². The maximum atomic E-state index is 12.0. The summed E-state index contributed by atoms with van der Waals surface area (Å²) in [5, 5.41) is 14.1. The first-order valence-electron chi connectivity index (χ1n) is 6.16. The fourth-order valence-electron chi connectivity index (χ4n) is 1.55. The van der Waals surface area contributed by atoms with E-state index in [0.717, 1.165) is 0 Å². The van der Waals surface area contributed by atoms with Crippen LogP contribution in [0.3, 0.4) is 0 Å². The zero-order chi connectivity index (χ0) is 14.4. The molecule has 0 spiro atoms. The van der Waals surface area contributed by atoms with E-state index in [2.05, 4.69) is 27.3 Å². The summed E-state index contributed by atoms with van der Waals surface area (Å²) in [6.07, 6.45) is 1.64. The number of nitrogens with zero attached hydrogens (tertiary/aromatic N) is 4. The number of hydrogen-bond donors (Lipinski definition) is 1. The lowest BCUT2D eigenvalue weighted by molar-refractivity contribution is 0.102. The Hall–Kier alpha value is -2.70. The molecule has 1 N–H and O–H groups in total. The zero-order valence-electron chi connectivity index (χ0n) is 11.1. The Bertz CT molecular complexity index is 608. The van der Waals surface area contributed by atoms with Gasteiger partial charge >= 0.3 is 0 Å². The van der Waals surface area contributed by atoms with Crippen molar-refractivity contribution >= 4 is 11.9 Å². The molecule has 7 nitrogen and oxygen atoms in total. The first kappa shape index (κ1) is 13.7. The van der Waals surface area contributed by atoms with Crippen molar-refractivity contribution in [3.8, 4) is 5.75 Å². The molecular formula is C13H15N5O2. The van der Waals surface area contributed by atoms with Crippen molar-refractivity contribution in [1.29, 1.82) is 0 Å². The first-order chi connectivity index (χ1) is 9.72. The molecular weight excluding hydrogens is 258 g/mol. The predicted octanol–water partition coefficient (Wildman–Crippen LogP) is 1.51. The number of nitrogens with one attached hydrogen (secondary N) is 1. The van der Waals surface area contributed by atoms with Gasteiger partial charge in [-0.1, -0.05) is 17.2 Å². The van der Waals surface area contributed by atoms with Crippen LogP contribution in [0, 0.1) is 0 Å². The Labute approximate surface area is 116 Å². The normalized spacial score (nSPS) is 10.1. The lowest BCUT2D eigenvalue weighted by Gasteiger charge is -2.05. The molecule has 1 aromatic carbocycles. The fourth-order valence-corrected chi connectivity index (χ4v) is 1.55. The average Bonchev–Trinajstić information content (AvgIpc) is 2.87. The molecule has 1 amide bonds. The molecule has 0 saturated heterocycles. The van der Waals surface area contributed by atoms with E-state index in [9.17, 15) is 4.79 Å². The van der Waals surface area contributed by atoms with Crippen molar-refractivity contribution in [2.45, 2.75) is 13.5 Å². The smallest absolute Gasteiger partial charge is 0.270 e. The van der Waals surface area contributed by atoms with E-state index in [1.165, 1.54) is 4.80 Å². The van der Waals surface area contributed by atoms with Gasteiger partial charge < -0.3 is 4.74 Å². The molecule has 1 aromatic heterocycles. The van der Waals surface area contributed by atoms with E-state index in [-0.39, 0.29) is 11.9 Å². The van der Waals surface area contributed by atoms with Crippen LogP contribution in [0.4, 0.5) is 5.95 Å². The van der Waals surface area contributed by atoms with Gasteiger partial charge in [0.2, 0.25) is 0 Å². The van der Waals surface area contributed by atoms with Crippen molar-refractivity contribution in [3.05, 3.63) is 42.5 Å². The molecule has 0 aliphatic rings. The minimum absolute atomic E-state index is 0.152. The maximum Gasteiger partial charge on any atom is 0.270 e. The molecule has 2 rings (SSSR count). The second-order valence-electron chi connectivity index (χ2n) is 3.87. The van der Waals surface area contributed by atoms with Crippen LogP contribution in [0.5, 0.6) is 5.75 Å². The molecule has 0 bridgehead atoms. The topological polar surface area (TPSA) is 81.9 Å². The van der Waals surface area contributed by atoms with Gasteiger partial charge in [0.25, 0.3) is 11.9 Å². The third-order valence-electron chi connectivity index (χ3n) is 2.38. The molecule has 0 atom stereocenters. The minimum Gasteiger partial charge on any atom is -0.494 e. The number of amides is 1. The standard InChI is InChI=1S/C13H15N5O2/c1-3-8-18-16-13(15-17-18)14-12(19)10-6-5-7-11(9-10)20-4-2/h3,5-7,9H,1,4,8H2,2H3,(H,14,16,19). The van der Waals surface area contributed by atoms with Crippen LogP contribution in [0.15, 0.2) is 36.9 Å². The van der Waals surface area contributed by atoms with Crippen LogP contribution in [-0.4, -0.2) is 32.7 Å². The van der Waals surface area contributed by atoms with Crippen molar-refractivity contribution in [2.24, 2.45) is 0 Å². The highest BCUT2D eigenvalue weighted by atomic mass is 16.5. The third kappa shape index (κ3) is 3.41. The second kappa shape index (κ2) is 6.46. The van der Waals surface area contributed by atoms with Crippen LogP contribution >= 0.6 is 0 Å². The molecule has 20 heavy (non-hydrogen) atoms. The zero-order valence-corrected chi connectivity index (χ0v) is 11.1. The van der Waals surface area contributed by atoms with Gasteiger partial charge in [-0.3, -0.25) is 10.1 Å². The van der Waals surface area contributed by atoms with Crippen LogP contribution < -0.4 is 10.1 Å². The summed E-state index contributed by atoms with van der Waals surface area (Å²) in [7, 11) is 0. The van der Waals surface area contributed by atoms with Crippen LogP contribution in [0.1, 0.15) is 17.3 Å². The molecule has 1 heterocycles. The minimum atomic E-state index is -0.315. The number of ether oxygens (including phenoxy) is 1. The molecule has 0 radical (unpaired) electrons. The van der Waals surface area contributed by atoms with Gasteiger partial charge in [0.1, 0.15) is 5.75 Å². The number of allylic oxidation sites excluding steroid dienone is 1. The van der Waals surface area contributed by atoms with Gasteiger partial charge in [-0.25, -0.2) is 0 Å². The van der Waals surface area contributed by atoms with Crippen molar-refractivity contribution in [2.75, 3.05) is 11.9 Å². The third-order valence-corrected chi connectivity index (χ3v) is 2.38. The largest absolute Gasteiger partial charge is 0.494 e. The van der Waals surface area contributed by atoms with Gasteiger partial charge in [0, 0.05) is 5.56 Å². The highest BCUT2D eigenvalue weighted by molar-refractivity contribution is 6.03. The second-order valence-corrected chi connectivity index (χ2v) is 3.87. The lowest BCUT2D eigenvalue weighted by Crippen LogP contribution is -2.13. The number of carbonyl (C=O) groups is 1. The van der Waals surface area contributed by atoms with Crippen molar-refractivity contribution in [3.63, 3.8) is 0 Å². The summed E-state index contributed by atoms with van der Waals surface area (Å²) < 4.78 is 5.34. The fraction of sp³-hybridized carbons (Fsp3) is 0.231. The molecule has 0 aliphatic carbocycles. The molecule has 2 aromatic rings. The van der Waals surface area contributed by atoms with Crippen LogP contribution in [0.2, 0.25) is 0 Å². The monoisotopic (exact) mass is 273 g/mol. The summed E-state index contributed by atoms with van der Waals surface area (Å²) in [6.45, 7) is 6.43.